The summed E-state index contributed by atoms with van der Waals surface area (Å²) in [6.45, 7) is 0. The van der Waals surface area contributed by atoms with Crippen molar-refractivity contribution in [3.63, 3.8) is 0 Å². The predicted molar refractivity (Wildman–Crippen MR) is 24.9 cm³/mol. The van der Waals surface area contributed by atoms with Crippen molar-refractivity contribution in [1.82, 2.24) is 0 Å². The Labute approximate surface area is 81.2 Å². The molecule has 0 rings (SSSR count). The topological polar surface area (TPSA) is 172 Å². The van der Waals surface area contributed by atoms with Crippen LogP contribution in [0.15, 0.2) is 0 Å². The van der Waals surface area contributed by atoms with E-state index in [0.717, 1.165) is 17.4 Å². The number of carbonyl (C=O) groups is 2. The second kappa shape index (κ2) is 9.28. The minimum absolute atomic E-state index is 1.06. The molecule has 0 aliphatic heterocycles. The standard InChI is InChI=1S/C2H2O4.H2O4S.O.V/c3-1(4)2(5)6;1-5(2,3)4;;/h(H,3,4)(H,5,6);(H2,1,2,3,4);;/q;;;+2/p-2. The van der Waals surface area contributed by atoms with Crippen LogP contribution in [0.3, 0.4) is 0 Å². The Kier molecular flexibility index (Phi) is 12.9. The first-order valence-electron chi connectivity index (χ1n) is 1.95. The van der Waals surface area contributed by atoms with E-state index < -0.39 is 22.3 Å². The number of hydrogen-bond acceptors (Lipinski definition) is 7. The molecule has 0 saturated carbocycles. The van der Waals surface area contributed by atoms with Gasteiger partial charge in [-0.3, -0.25) is 9.11 Å². The fourth-order valence-corrected chi connectivity index (χ4v) is 0. The van der Waals surface area contributed by atoms with Gasteiger partial charge in [0.05, 0.1) is 11.9 Å². The molecule has 0 aromatic heterocycles. The maximum atomic E-state index is 8.93. The summed E-state index contributed by atoms with van der Waals surface area (Å²) < 4.78 is 39.8. The van der Waals surface area contributed by atoms with E-state index in [4.69, 9.17) is 41.0 Å². The number of hydrogen-bond donors (Lipinski definition) is 2. The molecular formula is C2H2O9SV. The van der Waals surface area contributed by atoms with Crippen molar-refractivity contribution in [3.05, 3.63) is 0 Å². The summed E-state index contributed by atoms with van der Waals surface area (Å²) in [4.78, 5) is 17.9. The van der Waals surface area contributed by atoms with Crippen LogP contribution < -0.4 is 10.2 Å². The number of carboxylic acid groups (broad SMARTS) is 2. The number of carbonyl (C=O) groups excluding carboxylic acids is 2. The second-order valence-electron chi connectivity index (χ2n) is 1.02. The van der Waals surface area contributed by atoms with Gasteiger partial charge in [0.15, 0.2) is 0 Å². The molecule has 75 valence electrons. The Morgan fingerprint density at radius 2 is 1.08 bits per heavy atom. The van der Waals surface area contributed by atoms with Gasteiger partial charge in [0.2, 0.25) is 0 Å². The van der Waals surface area contributed by atoms with Crippen molar-refractivity contribution in [2.24, 2.45) is 0 Å². The van der Waals surface area contributed by atoms with Crippen LogP contribution in [-0.2, 0) is 41.0 Å². The molecule has 0 unspecified atom stereocenters. The molecule has 2 N–H and O–H groups in total. The summed E-state index contributed by atoms with van der Waals surface area (Å²) >= 11 is 1.06. The van der Waals surface area contributed by atoms with Crippen LogP contribution in [-0.4, -0.2) is 29.5 Å². The van der Waals surface area contributed by atoms with Gasteiger partial charge in [-0.1, -0.05) is 0 Å². The van der Waals surface area contributed by atoms with Crippen LogP contribution in [0.25, 0.3) is 0 Å². The van der Waals surface area contributed by atoms with E-state index in [-0.39, 0.29) is 0 Å². The normalized spacial score (nSPS) is 8.31. The predicted octanol–water partition coefficient (Wildman–Crippen LogP) is -4.29. The third kappa shape index (κ3) is 92.7. The third-order valence-corrected chi connectivity index (χ3v) is 0.167. The van der Waals surface area contributed by atoms with E-state index in [1.165, 1.54) is 0 Å². The SMILES string of the molecule is O=C([O-])C(=O)[O-].O=S(=O)(O)O.[O]=[V+2]. The van der Waals surface area contributed by atoms with Crippen molar-refractivity contribution in [1.29, 1.82) is 0 Å². The van der Waals surface area contributed by atoms with Gasteiger partial charge in [0, 0.05) is 0 Å². The Hall–Kier alpha value is -0.806. The van der Waals surface area contributed by atoms with Crippen molar-refractivity contribution >= 4 is 22.3 Å². The first-order chi connectivity index (χ1) is 5.64. The van der Waals surface area contributed by atoms with Gasteiger partial charge >= 0.3 is 31.4 Å². The summed E-state index contributed by atoms with van der Waals surface area (Å²) in [5.41, 5.74) is 0. The van der Waals surface area contributed by atoms with E-state index >= 15 is 0 Å². The first kappa shape index (κ1) is 18.1. The summed E-state index contributed by atoms with van der Waals surface area (Å²) in [6.07, 6.45) is 0. The van der Waals surface area contributed by atoms with Gasteiger partial charge in [-0.15, -0.1) is 0 Å². The number of rotatable bonds is 0. The van der Waals surface area contributed by atoms with Crippen LogP contribution in [0.2, 0.25) is 0 Å². The zero-order valence-electron chi connectivity index (χ0n) is 5.61. The Bertz CT molecular complexity index is 233. The molecule has 0 saturated heterocycles. The molecule has 9 nitrogen and oxygen atoms in total. The fraction of sp³-hybridized carbons (Fsp3) is 0. The van der Waals surface area contributed by atoms with Gasteiger partial charge in [0.25, 0.3) is 0 Å². The van der Waals surface area contributed by atoms with Gasteiger partial charge in [-0.05, 0) is 0 Å². The molecular weight excluding hydrogens is 251 g/mol. The van der Waals surface area contributed by atoms with E-state index in [1.807, 2.05) is 0 Å². The van der Waals surface area contributed by atoms with Crippen LogP contribution in [0.4, 0.5) is 0 Å². The van der Waals surface area contributed by atoms with Crippen molar-refractivity contribution in [3.8, 4) is 0 Å². The summed E-state index contributed by atoms with van der Waals surface area (Å²) in [5, 5.41) is 17.9. The minimum atomic E-state index is -4.67. The first-order valence-corrected chi connectivity index (χ1v) is 3.91. The number of aliphatic carboxylic acids is 2. The van der Waals surface area contributed by atoms with Crippen molar-refractivity contribution in [2.75, 3.05) is 0 Å². The fourth-order valence-electron chi connectivity index (χ4n) is 0. The van der Waals surface area contributed by atoms with E-state index in [9.17, 15) is 0 Å². The summed E-state index contributed by atoms with van der Waals surface area (Å²) in [7, 11) is -4.67. The Balaban J connectivity index is -0.000000131. The average Bonchev–Trinajstić information content (AvgIpc) is 1.88. The monoisotopic (exact) mass is 253 g/mol. The molecule has 0 amide bonds. The molecule has 0 spiro atoms. The second-order valence-corrected chi connectivity index (χ2v) is 1.92. The average molecular weight is 253 g/mol. The van der Waals surface area contributed by atoms with E-state index in [1.54, 1.807) is 0 Å². The molecule has 0 aliphatic carbocycles. The molecule has 0 heterocycles. The molecule has 0 aromatic carbocycles. The maximum absolute atomic E-state index is 8.93. The van der Waals surface area contributed by atoms with Crippen LogP contribution >= 0.6 is 0 Å². The van der Waals surface area contributed by atoms with Crippen LogP contribution in [0, 0.1) is 0 Å². The zero-order valence-corrected chi connectivity index (χ0v) is 7.82. The van der Waals surface area contributed by atoms with E-state index in [2.05, 4.69) is 0 Å². The molecule has 0 bridgehead atoms. The molecule has 0 atom stereocenters. The van der Waals surface area contributed by atoms with Crippen molar-refractivity contribution in [2.45, 2.75) is 0 Å². The summed E-state index contributed by atoms with van der Waals surface area (Å²) in [6, 6.07) is 0. The van der Waals surface area contributed by atoms with E-state index in [0.29, 0.717) is 0 Å². The zero-order chi connectivity index (χ0) is 11.7. The van der Waals surface area contributed by atoms with Crippen molar-refractivity contribution < 1.29 is 58.4 Å². The summed E-state index contributed by atoms with van der Waals surface area (Å²) in [5.74, 6) is -4.37. The molecule has 0 radical (unpaired) electrons. The Morgan fingerprint density at radius 1 is 1.00 bits per heavy atom. The van der Waals surface area contributed by atoms with Crippen LogP contribution in [0.5, 0.6) is 0 Å². The molecule has 11 heteroatoms. The number of carboxylic acids is 2. The quantitative estimate of drug-likeness (QED) is 0.320. The third-order valence-electron chi connectivity index (χ3n) is 0.167. The van der Waals surface area contributed by atoms with Gasteiger partial charge in [-0.2, -0.15) is 8.42 Å². The van der Waals surface area contributed by atoms with Gasteiger partial charge in [0.1, 0.15) is 0 Å². The molecule has 0 aromatic rings. The molecule has 0 aliphatic rings. The van der Waals surface area contributed by atoms with Gasteiger partial charge in [-0.25, -0.2) is 0 Å². The Morgan fingerprint density at radius 3 is 1.08 bits per heavy atom. The van der Waals surface area contributed by atoms with Crippen LogP contribution in [0.1, 0.15) is 0 Å². The molecule has 0 fully saturated rings. The molecule has 13 heavy (non-hydrogen) atoms. The van der Waals surface area contributed by atoms with Gasteiger partial charge < -0.3 is 19.8 Å².